The summed E-state index contributed by atoms with van der Waals surface area (Å²) in [4.78, 5) is 9.44. The largest absolute Gasteiger partial charge is 0.351 e. The lowest BCUT2D eigenvalue weighted by Gasteiger charge is -2.38. The summed E-state index contributed by atoms with van der Waals surface area (Å²) in [6, 6.07) is 10.7. The van der Waals surface area contributed by atoms with Crippen molar-refractivity contribution < 1.29 is 0 Å². The number of benzene rings is 1. The summed E-state index contributed by atoms with van der Waals surface area (Å²) < 4.78 is 0. The summed E-state index contributed by atoms with van der Waals surface area (Å²) >= 11 is 6.61. The van der Waals surface area contributed by atoms with Crippen LogP contribution in [0.15, 0.2) is 36.5 Å². The molecule has 0 atom stereocenters. The van der Waals surface area contributed by atoms with Crippen molar-refractivity contribution in [2.24, 2.45) is 0 Å². The molecule has 2 aliphatic rings. The molecular weight excluding hydrogens is 346 g/mol. The lowest BCUT2D eigenvalue weighted by Crippen LogP contribution is -2.42. The van der Waals surface area contributed by atoms with E-state index in [0.717, 1.165) is 68.5 Å². The number of piperidine rings is 2. The van der Waals surface area contributed by atoms with Crippen molar-refractivity contribution in [3.63, 3.8) is 0 Å². The minimum atomic E-state index is -0.156. The summed E-state index contributed by atoms with van der Waals surface area (Å²) in [6.07, 6.45) is 6.06. The van der Waals surface area contributed by atoms with Gasteiger partial charge in [-0.2, -0.15) is 0 Å². The summed E-state index contributed by atoms with van der Waals surface area (Å²) in [5.74, 6) is 0.736. The van der Waals surface area contributed by atoms with Crippen molar-refractivity contribution in [2.75, 3.05) is 31.5 Å². The first-order valence-corrected chi connectivity index (χ1v) is 9.92. The second-order valence-electron chi connectivity index (χ2n) is 7.25. The molecule has 0 amide bonds. The van der Waals surface area contributed by atoms with Gasteiger partial charge in [0.25, 0.3) is 0 Å². The molecule has 2 aliphatic heterocycles. The van der Waals surface area contributed by atoms with Crippen LogP contribution in [-0.4, -0.2) is 42.2 Å². The summed E-state index contributed by atoms with van der Waals surface area (Å²) in [5.41, 5.74) is 2.09. The molecule has 2 saturated heterocycles. The molecule has 2 fully saturated rings. The van der Waals surface area contributed by atoms with Gasteiger partial charge in [-0.25, -0.2) is 9.97 Å². The Labute approximate surface area is 160 Å². The average molecular weight is 372 g/mol. The molecule has 0 radical (unpaired) electrons. The Hall–Kier alpha value is -1.69. The zero-order valence-corrected chi connectivity index (χ0v) is 15.7. The molecular formula is C20H26ClN5. The fourth-order valence-electron chi connectivity index (χ4n) is 4.21. The van der Waals surface area contributed by atoms with Crippen LogP contribution < -0.4 is 16.0 Å². The van der Waals surface area contributed by atoms with E-state index in [9.17, 15) is 0 Å². The Kier molecular flexibility index (Phi) is 5.38. The molecule has 0 spiro atoms. The third kappa shape index (κ3) is 3.56. The molecule has 0 bridgehead atoms. The Balaban J connectivity index is 1.68. The first kappa shape index (κ1) is 17.7. The van der Waals surface area contributed by atoms with Crippen LogP contribution in [0.4, 0.5) is 5.95 Å². The van der Waals surface area contributed by atoms with Gasteiger partial charge in [0.1, 0.15) is 0 Å². The van der Waals surface area contributed by atoms with E-state index in [-0.39, 0.29) is 5.41 Å². The van der Waals surface area contributed by atoms with Gasteiger partial charge in [-0.15, -0.1) is 0 Å². The van der Waals surface area contributed by atoms with Gasteiger partial charge in [0.15, 0.2) is 0 Å². The Morgan fingerprint density at radius 3 is 2.50 bits per heavy atom. The van der Waals surface area contributed by atoms with E-state index in [1.807, 2.05) is 18.3 Å². The van der Waals surface area contributed by atoms with Gasteiger partial charge in [0.2, 0.25) is 5.95 Å². The number of nitrogens with one attached hydrogen (secondary N) is 3. The number of halogens is 1. The molecule has 4 rings (SSSR count). The highest BCUT2D eigenvalue weighted by molar-refractivity contribution is 6.31. The van der Waals surface area contributed by atoms with Crippen LogP contribution in [0.1, 0.15) is 36.9 Å². The number of hydrogen-bond acceptors (Lipinski definition) is 5. The molecule has 1 aromatic carbocycles. The molecule has 5 nitrogen and oxygen atoms in total. The van der Waals surface area contributed by atoms with E-state index in [0.29, 0.717) is 6.04 Å². The van der Waals surface area contributed by atoms with Crippen molar-refractivity contribution in [3.8, 4) is 0 Å². The molecule has 0 saturated carbocycles. The van der Waals surface area contributed by atoms with Crippen LogP contribution in [-0.2, 0) is 5.41 Å². The van der Waals surface area contributed by atoms with Gasteiger partial charge in [-0.3, -0.25) is 0 Å². The van der Waals surface area contributed by atoms with E-state index < -0.39 is 0 Å². The standard InChI is InChI=1S/C20H26ClN5/c21-17-4-2-1-3-16(17)20(8-13-23-14-9-20)18-7-12-24-19(26-18)25-15-5-10-22-11-6-15/h1-4,7,12,15,22-23H,5-6,8-11,13-14H2,(H,24,25,26). The maximum Gasteiger partial charge on any atom is 0.223 e. The van der Waals surface area contributed by atoms with Crippen molar-refractivity contribution in [2.45, 2.75) is 37.1 Å². The number of rotatable bonds is 4. The van der Waals surface area contributed by atoms with E-state index in [1.54, 1.807) is 0 Å². The predicted octanol–water partition coefficient (Wildman–Crippen LogP) is 2.96. The van der Waals surface area contributed by atoms with Gasteiger partial charge >= 0.3 is 0 Å². The Bertz CT molecular complexity index is 738. The van der Waals surface area contributed by atoms with Gasteiger partial charge in [-0.1, -0.05) is 29.8 Å². The normalized spacial score (nSPS) is 20.7. The van der Waals surface area contributed by atoms with Crippen LogP contribution in [0.5, 0.6) is 0 Å². The van der Waals surface area contributed by atoms with Crippen LogP contribution in [0.25, 0.3) is 0 Å². The third-order valence-corrected chi connectivity index (χ3v) is 5.99. The van der Waals surface area contributed by atoms with Crippen LogP contribution in [0.3, 0.4) is 0 Å². The lowest BCUT2D eigenvalue weighted by atomic mass is 9.70. The number of nitrogens with zero attached hydrogens (tertiary/aromatic N) is 2. The highest BCUT2D eigenvalue weighted by Gasteiger charge is 2.38. The second kappa shape index (κ2) is 7.91. The van der Waals surface area contributed by atoms with Crippen LogP contribution in [0, 0.1) is 0 Å². The highest BCUT2D eigenvalue weighted by Crippen LogP contribution is 2.42. The second-order valence-corrected chi connectivity index (χ2v) is 7.65. The van der Waals surface area contributed by atoms with Gasteiger partial charge in [-0.05, 0) is 69.6 Å². The van der Waals surface area contributed by atoms with Crippen molar-refractivity contribution in [1.29, 1.82) is 0 Å². The molecule has 0 aliphatic carbocycles. The topological polar surface area (TPSA) is 61.9 Å². The first-order chi connectivity index (χ1) is 12.8. The fourth-order valence-corrected chi connectivity index (χ4v) is 4.53. The van der Waals surface area contributed by atoms with Gasteiger partial charge in [0.05, 0.1) is 5.69 Å². The quantitative estimate of drug-likeness (QED) is 0.771. The van der Waals surface area contributed by atoms with Crippen LogP contribution in [0.2, 0.25) is 5.02 Å². The molecule has 138 valence electrons. The predicted molar refractivity (Wildman–Crippen MR) is 106 cm³/mol. The van der Waals surface area contributed by atoms with Crippen molar-refractivity contribution in [1.82, 2.24) is 20.6 Å². The Morgan fingerprint density at radius 2 is 1.73 bits per heavy atom. The summed E-state index contributed by atoms with van der Waals surface area (Å²) in [6.45, 7) is 4.03. The molecule has 3 N–H and O–H groups in total. The zero-order valence-electron chi connectivity index (χ0n) is 15.0. The van der Waals surface area contributed by atoms with Crippen molar-refractivity contribution in [3.05, 3.63) is 52.8 Å². The SMILES string of the molecule is Clc1ccccc1C1(c2ccnc(NC3CCNCC3)n2)CCNCC1. The van der Waals surface area contributed by atoms with Gasteiger partial charge in [0, 0.05) is 22.7 Å². The first-order valence-electron chi connectivity index (χ1n) is 9.54. The summed E-state index contributed by atoms with van der Waals surface area (Å²) in [5, 5.41) is 11.2. The average Bonchev–Trinajstić information content (AvgIpc) is 2.70. The zero-order chi connectivity index (χ0) is 17.8. The minimum absolute atomic E-state index is 0.156. The smallest absolute Gasteiger partial charge is 0.223 e. The highest BCUT2D eigenvalue weighted by atomic mass is 35.5. The lowest BCUT2D eigenvalue weighted by molar-refractivity contribution is 0.354. The minimum Gasteiger partial charge on any atom is -0.351 e. The Morgan fingerprint density at radius 1 is 1.00 bits per heavy atom. The maximum atomic E-state index is 6.61. The van der Waals surface area contributed by atoms with Crippen molar-refractivity contribution >= 4 is 17.5 Å². The maximum absolute atomic E-state index is 6.61. The number of anilines is 1. The monoisotopic (exact) mass is 371 g/mol. The molecule has 3 heterocycles. The van der Waals surface area contributed by atoms with Gasteiger partial charge < -0.3 is 16.0 Å². The van der Waals surface area contributed by atoms with E-state index in [1.165, 1.54) is 5.56 Å². The summed E-state index contributed by atoms with van der Waals surface area (Å²) in [7, 11) is 0. The molecule has 26 heavy (non-hydrogen) atoms. The molecule has 2 aromatic rings. The van der Waals surface area contributed by atoms with E-state index in [2.05, 4.69) is 39.1 Å². The molecule has 6 heteroatoms. The third-order valence-electron chi connectivity index (χ3n) is 5.66. The molecule has 0 unspecified atom stereocenters. The van der Waals surface area contributed by atoms with Crippen LogP contribution >= 0.6 is 11.6 Å². The fraction of sp³-hybridized carbons (Fsp3) is 0.500. The number of hydrogen-bond donors (Lipinski definition) is 3. The molecule has 1 aromatic heterocycles. The van der Waals surface area contributed by atoms with E-state index >= 15 is 0 Å². The van der Waals surface area contributed by atoms with E-state index in [4.69, 9.17) is 16.6 Å². The number of aromatic nitrogens is 2.